The molecule has 1 heterocycles. The topological polar surface area (TPSA) is 41.6 Å². The highest BCUT2D eigenvalue weighted by molar-refractivity contribution is 5.75. The normalized spacial score (nSPS) is 15.3. The summed E-state index contributed by atoms with van der Waals surface area (Å²) in [6.45, 7) is 4.85. The Labute approximate surface area is 126 Å². The Morgan fingerprint density at radius 2 is 2.18 bits per heavy atom. The molecule has 1 fully saturated rings. The highest BCUT2D eigenvalue weighted by Gasteiger charge is 2.32. The van der Waals surface area contributed by atoms with Gasteiger partial charge in [0.1, 0.15) is 0 Å². The van der Waals surface area contributed by atoms with Gasteiger partial charge in [-0.1, -0.05) is 18.2 Å². The highest BCUT2D eigenvalue weighted by Crippen LogP contribution is 2.29. The number of rotatable bonds is 5. The van der Waals surface area contributed by atoms with Crippen molar-refractivity contribution in [2.75, 3.05) is 19.6 Å². The molecule has 0 radical (unpaired) electrons. The zero-order valence-electron chi connectivity index (χ0n) is 11.9. The van der Waals surface area contributed by atoms with E-state index in [2.05, 4.69) is 11.9 Å². The van der Waals surface area contributed by atoms with E-state index in [1.165, 1.54) is 6.07 Å². The first-order valence-corrected chi connectivity index (χ1v) is 6.81. The fourth-order valence-corrected chi connectivity index (χ4v) is 2.03. The molecule has 0 saturated carbocycles. The third kappa shape index (κ3) is 4.24. The number of nitrogens with zero attached hydrogens (tertiary/aromatic N) is 1. The van der Waals surface area contributed by atoms with E-state index in [-0.39, 0.29) is 18.7 Å². The maximum absolute atomic E-state index is 12.6. The maximum Gasteiger partial charge on any atom is 0.416 e. The number of ether oxygens (including phenoxy) is 1. The Bertz CT molecular complexity index is 540. The van der Waals surface area contributed by atoms with Gasteiger partial charge in [0.05, 0.1) is 31.4 Å². The van der Waals surface area contributed by atoms with E-state index in [0.29, 0.717) is 25.2 Å². The second-order valence-corrected chi connectivity index (χ2v) is 5.01. The molecule has 1 aliphatic heterocycles. The quantitative estimate of drug-likeness (QED) is 0.849. The molecule has 1 N–H and O–H groups in total. The fourth-order valence-electron chi connectivity index (χ4n) is 2.03. The first kappa shape index (κ1) is 16.4. The van der Waals surface area contributed by atoms with Gasteiger partial charge < -0.3 is 15.0 Å². The van der Waals surface area contributed by atoms with Crippen molar-refractivity contribution >= 4 is 6.03 Å². The van der Waals surface area contributed by atoms with Crippen molar-refractivity contribution in [3.63, 3.8) is 0 Å². The molecule has 7 heteroatoms. The Kier molecular flexibility index (Phi) is 5.07. The van der Waals surface area contributed by atoms with Gasteiger partial charge in [-0.15, -0.1) is 6.58 Å². The largest absolute Gasteiger partial charge is 0.416 e. The number of likely N-dealkylation sites (tertiary alicyclic amines) is 1. The number of carbonyl (C=O) groups is 1. The van der Waals surface area contributed by atoms with Gasteiger partial charge in [-0.25, -0.2) is 4.79 Å². The molecular formula is C15H17F3N2O2. The molecule has 1 saturated heterocycles. The van der Waals surface area contributed by atoms with Crippen LogP contribution >= 0.6 is 0 Å². The smallest absolute Gasteiger partial charge is 0.370 e. The molecule has 22 heavy (non-hydrogen) atoms. The average Bonchev–Trinajstić information content (AvgIpc) is 2.42. The molecule has 1 aliphatic rings. The predicted molar refractivity (Wildman–Crippen MR) is 75.2 cm³/mol. The van der Waals surface area contributed by atoms with Crippen molar-refractivity contribution in [2.24, 2.45) is 0 Å². The molecular weight excluding hydrogens is 297 g/mol. The third-order valence-corrected chi connectivity index (χ3v) is 3.27. The van der Waals surface area contributed by atoms with E-state index < -0.39 is 11.7 Å². The van der Waals surface area contributed by atoms with Crippen LogP contribution in [0.15, 0.2) is 36.9 Å². The van der Waals surface area contributed by atoms with Gasteiger partial charge >= 0.3 is 12.2 Å². The van der Waals surface area contributed by atoms with Crippen LogP contribution in [0.5, 0.6) is 0 Å². The molecule has 2 amide bonds. The van der Waals surface area contributed by atoms with Crippen LogP contribution in [0.25, 0.3) is 0 Å². The van der Waals surface area contributed by atoms with Crippen LogP contribution in [0, 0.1) is 0 Å². The van der Waals surface area contributed by atoms with Crippen LogP contribution in [0.4, 0.5) is 18.0 Å². The van der Waals surface area contributed by atoms with Crippen LogP contribution in [0.3, 0.4) is 0 Å². The third-order valence-electron chi connectivity index (χ3n) is 3.27. The molecule has 4 nitrogen and oxygen atoms in total. The molecule has 0 spiro atoms. The highest BCUT2D eigenvalue weighted by atomic mass is 19.4. The molecule has 120 valence electrons. The number of nitrogens with one attached hydrogen (secondary N) is 1. The molecule has 2 rings (SSSR count). The van der Waals surface area contributed by atoms with Crippen LogP contribution in [-0.4, -0.2) is 36.7 Å². The minimum atomic E-state index is -4.35. The number of benzene rings is 1. The molecule has 0 bridgehead atoms. The number of alkyl halides is 3. The first-order chi connectivity index (χ1) is 10.4. The Balaban J connectivity index is 1.76. The number of urea groups is 1. The van der Waals surface area contributed by atoms with Crippen molar-refractivity contribution < 1.29 is 22.7 Å². The summed E-state index contributed by atoms with van der Waals surface area (Å²) in [6.07, 6.45) is -2.92. The van der Waals surface area contributed by atoms with E-state index in [1.807, 2.05) is 0 Å². The van der Waals surface area contributed by atoms with Gasteiger partial charge in [0.2, 0.25) is 0 Å². The Morgan fingerprint density at radius 1 is 1.45 bits per heavy atom. The molecule has 0 unspecified atom stereocenters. The molecule has 0 atom stereocenters. The van der Waals surface area contributed by atoms with E-state index in [1.54, 1.807) is 17.0 Å². The lowest BCUT2D eigenvalue weighted by Gasteiger charge is -2.38. The molecule has 1 aromatic rings. The fraction of sp³-hybridized carbons (Fsp3) is 0.400. The van der Waals surface area contributed by atoms with Crippen LogP contribution in [0.1, 0.15) is 11.1 Å². The maximum atomic E-state index is 12.6. The lowest BCUT2D eigenvalue weighted by Crippen LogP contribution is -2.57. The van der Waals surface area contributed by atoms with Gasteiger partial charge in [0, 0.05) is 6.54 Å². The van der Waals surface area contributed by atoms with Crippen molar-refractivity contribution in [3.05, 3.63) is 48.0 Å². The first-order valence-electron chi connectivity index (χ1n) is 6.81. The van der Waals surface area contributed by atoms with E-state index in [4.69, 9.17) is 4.74 Å². The van der Waals surface area contributed by atoms with Gasteiger partial charge in [0.25, 0.3) is 0 Å². The van der Waals surface area contributed by atoms with Crippen molar-refractivity contribution in [3.8, 4) is 0 Å². The Hall–Kier alpha value is -2.02. The summed E-state index contributed by atoms with van der Waals surface area (Å²) in [5.74, 6) is 0. The van der Waals surface area contributed by atoms with Crippen LogP contribution < -0.4 is 5.32 Å². The molecule has 0 aliphatic carbocycles. The number of amides is 2. The van der Waals surface area contributed by atoms with Crippen molar-refractivity contribution in [1.29, 1.82) is 0 Å². The van der Waals surface area contributed by atoms with Crippen LogP contribution in [-0.2, 0) is 17.5 Å². The summed E-state index contributed by atoms with van der Waals surface area (Å²) in [5.41, 5.74) is -0.225. The lowest BCUT2D eigenvalue weighted by molar-refractivity contribution is -0.137. The Morgan fingerprint density at radius 3 is 2.82 bits per heavy atom. The zero-order valence-corrected chi connectivity index (χ0v) is 11.9. The minimum absolute atomic E-state index is 0.0940. The standard InChI is InChI=1S/C15H17F3N2O2/c1-2-6-19-14(21)20-8-13(9-20)22-10-11-4-3-5-12(7-11)15(16,17)18/h2-5,7,13H,1,6,8-10H2,(H,19,21). The van der Waals surface area contributed by atoms with Crippen LogP contribution in [0.2, 0.25) is 0 Å². The van der Waals surface area contributed by atoms with Gasteiger partial charge in [-0.3, -0.25) is 0 Å². The summed E-state index contributed by atoms with van der Waals surface area (Å²) >= 11 is 0. The van der Waals surface area contributed by atoms with E-state index in [0.717, 1.165) is 12.1 Å². The number of halogens is 3. The van der Waals surface area contributed by atoms with E-state index >= 15 is 0 Å². The monoisotopic (exact) mass is 314 g/mol. The summed E-state index contributed by atoms with van der Waals surface area (Å²) in [4.78, 5) is 13.1. The van der Waals surface area contributed by atoms with E-state index in [9.17, 15) is 18.0 Å². The number of hydrogen-bond acceptors (Lipinski definition) is 2. The summed E-state index contributed by atoms with van der Waals surface area (Å²) in [5, 5.41) is 2.64. The summed E-state index contributed by atoms with van der Waals surface area (Å²) in [7, 11) is 0. The predicted octanol–water partition coefficient (Wildman–Crippen LogP) is 2.80. The SMILES string of the molecule is C=CCNC(=O)N1CC(OCc2cccc(C(F)(F)F)c2)C1. The second-order valence-electron chi connectivity index (χ2n) is 5.01. The molecule has 0 aromatic heterocycles. The zero-order chi connectivity index (χ0) is 16.2. The van der Waals surface area contributed by atoms with Crippen molar-refractivity contribution in [1.82, 2.24) is 10.2 Å². The average molecular weight is 314 g/mol. The number of carbonyl (C=O) groups excluding carboxylic acids is 1. The molecule has 1 aromatic carbocycles. The van der Waals surface area contributed by atoms with Gasteiger partial charge in [0.15, 0.2) is 0 Å². The van der Waals surface area contributed by atoms with Crippen molar-refractivity contribution in [2.45, 2.75) is 18.9 Å². The van der Waals surface area contributed by atoms with Gasteiger partial charge in [-0.2, -0.15) is 13.2 Å². The lowest BCUT2D eigenvalue weighted by atomic mass is 10.1. The second kappa shape index (κ2) is 6.83. The summed E-state index contributed by atoms with van der Waals surface area (Å²) in [6, 6.07) is 4.85. The number of hydrogen-bond donors (Lipinski definition) is 1. The summed E-state index contributed by atoms with van der Waals surface area (Å²) < 4.78 is 43.3. The minimum Gasteiger partial charge on any atom is -0.370 e. The van der Waals surface area contributed by atoms with Gasteiger partial charge in [-0.05, 0) is 17.7 Å².